The summed E-state index contributed by atoms with van der Waals surface area (Å²) >= 11 is 0. The van der Waals surface area contributed by atoms with Crippen molar-refractivity contribution in [3.63, 3.8) is 0 Å². The number of hydrogen-bond donors (Lipinski definition) is 2. The Hall–Kier alpha value is -0.610. The fraction of sp³-hybridized carbons (Fsp3) is 0.917. The second kappa shape index (κ2) is 4.72. The number of carbonyl (C=O) groups excluding carboxylic acids is 1. The quantitative estimate of drug-likeness (QED) is 0.749. The first-order valence-corrected chi connectivity index (χ1v) is 6.29. The molecule has 2 heterocycles. The highest BCUT2D eigenvalue weighted by atomic mass is 16.5. The topological polar surface area (TPSA) is 50.4 Å². The van der Waals surface area contributed by atoms with Crippen LogP contribution in [0.4, 0.5) is 0 Å². The van der Waals surface area contributed by atoms with Crippen LogP contribution in [0.25, 0.3) is 0 Å². The molecule has 4 nitrogen and oxygen atoms in total. The largest absolute Gasteiger partial charge is 0.376 e. The highest BCUT2D eigenvalue weighted by Crippen LogP contribution is 2.20. The van der Waals surface area contributed by atoms with Gasteiger partial charge in [-0.25, -0.2) is 0 Å². The molecule has 3 unspecified atom stereocenters. The minimum Gasteiger partial charge on any atom is -0.376 e. The van der Waals surface area contributed by atoms with Crippen LogP contribution < -0.4 is 10.6 Å². The highest BCUT2D eigenvalue weighted by molar-refractivity contribution is 5.86. The minimum absolute atomic E-state index is 0.119. The van der Waals surface area contributed by atoms with Gasteiger partial charge >= 0.3 is 0 Å². The van der Waals surface area contributed by atoms with Crippen molar-refractivity contribution < 1.29 is 9.53 Å². The number of amides is 1. The molecule has 0 spiro atoms. The summed E-state index contributed by atoms with van der Waals surface area (Å²) in [6.07, 6.45) is 4.38. The van der Waals surface area contributed by atoms with E-state index in [1.807, 2.05) is 13.8 Å². The van der Waals surface area contributed by atoms with Gasteiger partial charge in [-0.2, -0.15) is 0 Å². The van der Waals surface area contributed by atoms with Crippen molar-refractivity contribution in [2.45, 2.75) is 57.2 Å². The number of hydrogen-bond acceptors (Lipinski definition) is 3. The van der Waals surface area contributed by atoms with E-state index in [1.54, 1.807) is 0 Å². The van der Waals surface area contributed by atoms with E-state index in [1.165, 1.54) is 0 Å². The van der Waals surface area contributed by atoms with Gasteiger partial charge < -0.3 is 15.4 Å². The van der Waals surface area contributed by atoms with Crippen molar-refractivity contribution in [1.29, 1.82) is 0 Å². The summed E-state index contributed by atoms with van der Waals surface area (Å²) in [5.74, 6) is 0.119. The molecule has 92 valence electrons. The van der Waals surface area contributed by atoms with Gasteiger partial charge in [0.1, 0.15) is 0 Å². The third kappa shape index (κ3) is 2.38. The predicted octanol–water partition coefficient (Wildman–Crippen LogP) is 0.812. The average molecular weight is 226 g/mol. The lowest BCUT2D eigenvalue weighted by Crippen LogP contribution is -2.55. The van der Waals surface area contributed by atoms with Crippen LogP contribution in [0.5, 0.6) is 0 Å². The summed E-state index contributed by atoms with van der Waals surface area (Å²) < 4.78 is 5.58. The Morgan fingerprint density at radius 1 is 1.56 bits per heavy atom. The first kappa shape index (κ1) is 11.9. The Morgan fingerprint density at radius 2 is 2.38 bits per heavy atom. The molecule has 3 atom stereocenters. The lowest BCUT2D eigenvalue weighted by Gasteiger charge is -2.27. The van der Waals surface area contributed by atoms with E-state index in [0.29, 0.717) is 0 Å². The van der Waals surface area contributed by atoms with E-state index in [9.17, 15) is 4.79 Å². The van der Waals surface area contributed by atoms with E-state index in [-0.39, 0.29) is 23.6 Å². The van der Waals surface area contributed by atoms with Gasteiger partial charge in [0.25, 0.3) is 0 Å². The van der Waals surface area contributed by atoms with Crippen LogP contribution in [-0.2, 0) is 9.53 Å². The first-order chi connectivity index (χ1) is 7.62. The molecule has 4 heteroatoms. The highest BCUT2D eigenvalue weighted by Gasteiger charge is 2.37. The maximum atomic E-state index is 12.1. The van der Waals surface area contributed by atoms with E-state index in [4.69, 9.17) is 4.74 Å². The zero-order valence-electron chi connectivity index (χ0n) is 10.2. The van der Waals surface area contributed by atoms with Crippen molar-refractivity contribution in [1.82, 2.24) is 10.6 Å². The fourth-order valence-corrected chi connectivity index (χ4v) is 2.54. The first-order valence-electron chi connectivity index (χ1n) is 6.29. The van der Waals surface area contributed by atoms with Crippen LogP contribution in [0.15, 0.2) is 0 Å². The molecular weight excluding hydrogens is 204 g/mol. The van der Waals surface area contributed by atoms with Crippen LogP contribution in [0.1, 0.15) is 39.5 Å². The van der Waals surface area contributed by atoms with Crippen LogP contribution in [0, 0.1) is 0 Å². The smallest absolute Gasteiger partial charge is 0.240 e. The zero-order valence-corrected chi connectivity index (χ0v) is 10.2. The molecule has 0 saturated carbocycles. The van der Waals surface area contributed by atoms with Crippen LogP contribution in [0.3, 0.4) is 0 Å². The molecule has 16 heavy (non-hydrogen) atoms. The SMILES string of the molecule is CC(NC(=O)C1(C)CCCN1)C1CCCO1. The Balaban J connectivity index is 1.86. The summed E-state index contributed by atoms with van der Waals surface area (Å²) in [7, 11) is 0. The summed E-state index contributed by atoms with van der Waals surface area (Å²) in [5.41, 5.74) is -0.368. The van der Waals surface area contributed by atoms with Gasteiger partial charge in [0, 0.05) is 6.61 Å². The van der Waals surface area contributed by atoms with Gasteiger partial charge in [0.05, 0.1) is 17.7 Å². The zero-order chi connectivity index (χ0) is 11.6. The van der Waals surface area contributed by atoms with Crippen LogP contribution >= 0.6 is 0 Å². The lowest BCUT2D eigenvalue weighted by molar-refractivity contribution is -0.128. The molecule has 2 aliphatic rings. The van der Waals surface area contributed by atoms with Gasteiger partial charge in [-0.05, 0) is 46.1 Å². The maximum absolute atomic E-state index is 12.1. The van der Waals surface area contributed by atoms with E-state index >= 15 is 0 Å². The third-order valence-electron chi connectivity index (χ3n) is 3.75. The molecule has 0 aromatic carbocycles. The summed E-state index contributed by atoms with van der Waals surface area (Å²) in [4.78, 5) is 12.1. The number of carbonyl (C=O) groups is 1. The normalized spacial score (nSPS) is 36.2. The van der Waals surface area contributed by atoms with Crippen LogP contribution in [0.2, 0.25) is 0 Å². The molecule has 2 fully saturated rings. The Morgan fingerprint density at radius 3 is 2.94 bits per heavy atom. The van der Waals surface area contributed by atoms with Crippen molar-refractivity contribution in [3.8, 4) is 0 Å². The molecule has 2 saturated heterocycles. The van der Waals surface area contributed by atoms with E-state index in [0.717, 1.165) is 38.8 Å². The van der Waals surface area contributed by atoms with Gasteiger partial charge in [-0.3, -0.25) is 4.79 Å². The van der Waals surface area contributed by atoms with E-state index < -0.39 is 0 Å². The summed E-state index contributed by atoms with van der Waals surface area (Å²) in [5, 5.41) is 6.35. The number of nitrogens with one attached hydrogen (secondary N) is 2. The Labute approximate surface area is 97.1 Å². The van der Waals surface area contributed by atoms with Gasteiger partial charge in [-0.15, -0.1) is 0 Å². The molecule has 2 N–H and O–H groups in total. The average Bonchev–Trinajstić information content (AvgIpc) is 2.88. The van der Waals surface area contributed by atoms with E-state index in [2.05, 4.69) is 10.6 Å². The van der Waals surface area contributed by atoms with Crippen molar-refractivity contribution >= 4 is 5.91 Å². The minimum atomic E-state index is -0.368. The molecule has 0 aromatic heterocycles. The third-order valence-corrected chi connectivity index (χ3v) is 3.75. The van der Waals surface area contributed by atoms with Crippen molar-refractivity contribution in [2.75, 3.05) is 13.2 Å². The molecule has 0 radical (unpaired) electrons. The number of ether oxygens (including phenoxy) is 1. The molecule has 0 aromatic rings. The Kier molecular flexibility index (Phi) is 3.50. The number of rotatable bonds is 3. The standard InChI is InChI=1S/C12H22N2O2/c1-9(10-5-3-8-16-10)14-11(15)12(2)6-4-7-13-12/h9-10,13H,3-8H2,1-2H3,(H,14,15). The molecular formula is C12H22N2O2. The molecule has 1 amide bonds. The van der Waals surface area contributed by atoms with Crippen LogP contribution in [-0.4, -0.2) is 36.7 Å². The summed E-state index contributed by atoms with van der Waals surface area (Å²) in [6, 6.07) is 0.120. The second-order valence-corrected chi connectivity index (χ2v) is 5.18. The van der Waals surface area contributed by atoms with Gasteiger partial charge in [-0.1, -0.05) is 0 Å². The van der Waals surface area contributed by atoms with Gasteiger partial charge in [0.2, 0.25) is 5.91 Å². The molecule has 2 rings (SSSR count). The Bertz CT molecular complexity index is 256. The van der Waals surface area contributed by atoms with Crippen molar-refractivity contribution in [3.05, 3.63) is 0 Å². The predicted molar refractivity (Wildman–Crippen MR) is 62.2 cm³/mol. The maximum Gasteiger partial charge on any atom is 0.240 e. The molecule has 0 bridgehead atoms. The summed E-state index contributed by atoms with van der Waals surface area (Å²) in [6.45, 7) is 5.79. The monoisotopic (exact) mass is 226 g/mol. The second-order valence-electron chi connectivity index (χ2n) is 5.18. The molecule has 0 aliphatic carbocycles. The van der Waals surface area contributed by atoms with Gasteiger partial charge in [0.15, 0.2) is 0 Å². The van der Waals surface area contributed by atoms with Crippen molar-refractivity contribution in [2.24, 2.45) is 0 Å². The molecule has 2 aliphatic heterocycles. The lowest BCUT2D eigenvalue weighted by atomic mass is 9.98. The fourth-order valence-electron chi connectivity index (χ4n) is 2.54.